The Morgan fingerprint density at radius 1 is 0.758 bits per heavy atom. The van der Waals surface area contributed by atoms with Crippen molar-refractivity contribution in [2.24, 2.45) is 0 Å². The van der Waals surface area contributed by atoms with Crippen molar-refractivity contribution in [1.29, 1.82) is 0 Å². The summed E-state index contributed by atoms with van der Waals surface area (Å²) in [6.07, 6.45) is 8.44. The highest BCUT2D eigenvalue weighted by Crippen LogP contribution is 2.33. The van der Waals surface area contributed by atoms with Crippen LogP contribution < -0.4 is 15.1 Å². The van der Waals surface area contributed by atoms with Crippen LogP contribution in [0.4, 0.5) is 17.2 Å². The van der Waals surface area contributed by atoms with Crippen molar-refractivity contribution in [2.75, 3.05) is 41.3 Å². The zero-order chi connectivity index (χ0) is 22.5. The highest BCUT2D eigenvalue weighted by atomic mass is 16.1. The lowest BCUT2D eigenvalue weighted by Crippen LogP contribution is -2.47. The van der Waals surface area contributed by atoms with Gasteiger partial charge in [0.25, 0.3) is 5.91 Å². The number of nitrogens with one attached hydrogen (secondary N) is 1. The Kier molecular flexibility index (Phi) is 5.93. The average Bonchev–Trinajstić information content (AvgIpc) is 2.90. The number of amides is 1. The van der Waals surface area contributed by atoms with Crippen LogP contribution in [0.15, 0.2) is 91.6 Å². The molecule has 1 amide bonds. The zero-order valence-electron chi connectivity index (χ0n) is 18.1. The third-order valence-electron chi connectivity index (χ3n) is 5.77. The van der Waals surface area contributed by atoms with Crippen molar-refractivity contribution in [3.05, 3.63) is 97.2 Å². The van der Waals surface area contributed by atoms with Gasteiger partial charge in [-0.3, -0.25) is 14.8 Å². The van der Waals surface area contributed by atoms with Crippen LogP contribution in [0.5, 0.6) is 0 Å². The molecule has 1 saturated heterocycles. The summed E-state index contributed by atoms with van der Waals surface area (Å²) < 4.78 is 0. The molecule has 0 bridgehead atoms. The Balaban J connectivity index is 1.42. The van der Waals surface area contributed by atoms with Crippen molar-refractivity contribution in [3.63, 3.8) is 0 Å². The number of rotatable bonds is 5. The van der Waals surface area contributed by atoms with Gasteiger partial charge in [0.15, 0.2) is 0 Å². The fourth-order valence-corrected chi connectivity index (χ4v) is 4.03. The highest BCUT2D eigenvalue weighted by molar-refractivity contribution is 6.06. The molecule has 1 N–H and O–H groups in total. The molecule has 2 aromatic heterocycles. The minimum Gasteiger partial charge on any atom is -0.366 e. The second-order valence-corrected chi connectivity index (χ2v) is 7.83. The maximum absolute atomic E-state index is 12.8. The molecule has 0 unspecified atom stereocenters. The predicted octanol–water partition coefficient (Wildman–Crippen LogP) is 4.12. The van der Waals surface area contributed by atoms with Crippen LogP contribution in [0.25, 0.3) is 11.1 Å². The Bertz CT molecular complexity index is 1210. The van der Waals surface area contributed by atoms with E-state index >= 15 is 0 Å². The first-order chi connectivity index (χ1) is 16.3. The third kappa shape index (κ3) is 4.67. The Labute approximate surface area is 192 Å². The van der Waals surface area contributed by atoms with Crippen LogP contribution in [0.1, 0.15) is 10.4 Å². The summed E-state index contributed by atoms with van der Waals surface area (Å²) in [5.41, 5.74) is 4.58. The van der Waals surface area contributed by atoms with E-state index in [0.717, 1.165) is 54.5 Å². The molecule has 5 rings (SSSR count). The Hall–Kier alpha value is -4.26. The lowest BCUT2D eigenvalue weighted by molar-refractivity contribution is 0.102. The van der Waals surface area contributed by atoms with E-state index in [4.69, 9.17) is 0 Å². The number of carbonyl (C=O) groups excluding carboxylic acids is 1. The zero-order valence-corrected chi connectivity index (χ0v) is 18.1. The summed E-state index contributed by atoms with van der Waals surface area (Å²) in [6.45, 7) is 3.27. The average molecular weight is 437 g/mol. The molecule has 3 heterocycles. The summed E-state index contributed by atoms with van der Waals surface area (Å²) >= 11 is 0. The number of aromatic nitrogens is 3. The number of anilines is 3. The van der Waals surface area contributed by atoms with Crippen LogP contribution >= 0.6 is 0 Å². The van der Waals surface area contributed by atoms with E-state index in [0.29, 0.717) is 5.56 Å². The van der Waals surface area contributed by atoms with Crippen LogP contribution in [-0.4, -0.2) is 47.0 Å². The topological polar surface area (TPSA) is 74.2 Å². The molecule has 1 aliphatic heterocycles. The summed E-state index contributed by atoms with van der Waals surface area (Å²) in [5.74, 6) is 0.718. The molecule has 7 nitrogen and oxygen atoms in total. The Morgan fingerprint density at radius 3 is 2.27 bits per heavy atom. The van der Waals surface area contributed by atoms with Crippen molar-refractivity contribution in [3.8, 4) is 11.1 Å². The molecule has 164 valence electrons. The van der Waals surface area contributed by atoms with Gasteiger partial charge in [0, 0.05) is 51.0 Å². The SMILES string of the molecule is O=C(Nc1ccc(-c2ccccc2)cc1N1CCN(c2cnccn2)CC1)c1cccnc1. The molecule has 0 radical (unpaired) electrons. The largest absolute Gasteiger partial charge is 0.366 e. The molecule has 0 spiro atoms. The number of benzene rings is 2. The van der Waals surface area contributed by atoms with E-state index in [1.54, 1.807) is 43.1 Å². The van der Waals surface area contributed by atoms with E-state index in [2.05, 4.69) is 48.3 Å². The van der Waals surface area contributed by atoms with E-state index in [9.17, 15) is 4.79 Å². The molecule has 1 aliphatic rings. The van der Waals surface area contributed by atoms with Gasteiger partial charge >= 0.3 is 0 Å². The van der Waals surface area contributed by atoms with E-state index in [1.165, 1.54) is 0 Å². The molecule has 0 atom stereocenters. The molecule has 0 saturated carbocycles. The Morgan fingerprint density at radius 2 is 1.55 bits per heavy atom. The van der Waals surface area contributed by atoms with Gasteiger partial charge in [0.2, 0.25) is 0 Å². The van der Waals surface area contributed by atoms with E-state index in [1.807, 2.05) is 30.3 Å². The van der Waals surface area contributed by atoms with Crippen LogP contribution in [-0.2, 0) is 0 Å². The minimum atomic E-state index is -0.171. The van der Waals surface area contributed by atoms with Crippen molar-refractivity contribution >= 4 is 23.1 Å². The summed E-state index contributed by atoms with van der Waals surface area (Å²) in [5, 5.41) is 3.09. The normalized spacial score (nSPS) is 13.6. The first-order valence-corrected chi connectivity index (χ1v) is 10.9. The fraction of sp³-hybridized carbons (Fsp3) is 0.154. The van der Waals surface area contributed by atoms with Crippen LogP contribution in [0.2, 0.25) is 0 Å². The van der Waals surface area contributed by atoms with Crippen molar-refractivity contribution < 1.29 is 4.79 Å². The standard InChI is InChI=1S/C26H24N6O/c33-26(22-7-4-10-27-18-22)30-23-9-8-21(20-5-2-1-3-6-20)17-24(23)31-13-15-32(16-14-31)25-19-28-11-12-29-25/h1-12,17-19H,13-16H2,(H,30,33). The number of nitrogens with zero attached hydrogens (tertiary/aromatic N) is 5. The maximum atomic E-state index is 12.8. The number of piperazine rings is 1. The monoisotopic (exact) mass is 436 g/mol. The lowest BCUT2D eigenvalue weighted by Gasteiger charge is -2.37. The van der Waals surface area contributed by atoms with Gasteiger partial charge in [-0.25, -0.2) is 4.98 Å². The fourth-order valence-electron chi connectivity index (χ4n) is 4.03. The van der Waals surface area contributed by atoms with Crippen LogP contribution in [0, 0.1) is 0 Å². The molecule has 2 aromatic carbocycles. The van der Waals surface area contributed by atoms with Gasteiger partial charge in [-0.15, -0.1) is 0 Å². The van der Waals surface area contributed by atoms with E-state index in [-0.39, 0.29) is 5.91 Å². The molecule has 0 aliphatic carbocycles. The quantitative estimate of drug-likeness (QED) is 0.507. The molecular formula is C26H24N6O. The number of hydrogen-bond acceptors (Lipinski definition) is 6. The van der Waals surface area contributed by atoms with Crippen molar-refractivity contribution in [1.82, 2.24) is 15.0 Å². The summed E-state index contributed by atoms with van der Waals surface area (Å²) in [6, 6.07) is 20.0. The number of hydrogen-bond donors (Lipinski definition) is 1. The minimum absolute atomic E-state index is 0.171. The molecule has 7 heteroatoms. The van der Waals surface area contributed by atoms with Gasteiger partial charge in [-0.1, -0.05) is 36.4 Å². The highest BCUT2D eigenvalue weighted by Gasteiger charge is 2.22. The molecule has 33 heavy (non-hydrogen) atoms. The number of carbonyl (C=O) groups is 1. The van der Waals surface area contributed by atoms with E-state index < -0.39 is 0 Å². The second-order valence-electron chi connectivity index (χ2n) is 7.83. The van der Waals surface area contributed by atoms with Gasteiger partial charge < -0.3 is 15.1 Å². The second kappa shape index (κ2) is 9.48. The maximum Gasteiger partial charge on any atom is 0.257 e. The van der Waals surface area contributed by atoms with Gasteiger partial charge in [-0.05, 0) is 35.4 Å². The predicted molar refractivity (Wildman–Crippen MR) is 131 cm³/mol. The van der Waals surface area contributed by atoms with Gasteiger partial charge in [0.1, 0.15) is 5.82 Å². The van der Waals surface area contributed by atoms with Crippen molar-refractivity contribution in [2.45, 2.75) is 0 Å². The molecule has 1 fully saturated rings. The third-order valence-corrected chi connectivity index (χ3v) is 5.77. The number of pyridine rings is 1. The summed E-state index contributed by atoms with van der Waals surface area (Å²) in [4.78, 5) is 30.1. The first-order valence-electron chi connectivity index (χ1n) is 10.9. The smallest absolute Gasteiger partial charge is 0.257 e. The van der Waals surface area contributed by atoms with Gasteiger partial charge in [0.05, 0.1) is 23.1 Å². The molecule has 4 aromatic rings. The molecular weight excluding hydrogens is 412 g/mol. The lowest BCUT2D eigenvalue weighted by atomic mass is 10.0. The van der Waals surface area contributed by atoms with Gasteiger partial charge in [-0.2, -0.15) is 0 Å². The first kappa shape index (κ1) is 20.6. The van der Waals surface area contributed by atoms with Crippen LogP contribution in [0.3, 0.4) is 0 Å². The summed E-state index contributed by atoms with van der Waals surface area (Å²) in [7, 11) is 0.